The summed E-state index contributed by atoms with van der Waals surface area (Å²) >= 11 is 5.68. The minimum Gasteiger partial charge on any atom is -0.309 e. The van der Waals surface area contributed by atoms with Gasteiger partial charge < -0.3 is 5.32 Å². The molecular formula is C12H12ClFN2O. The van der Waals surface area contributed by atoms with Gasteiger partial charge in [0.15, 0.2) is 0 Å². The number of halogens is 2. The molecule has 1 atom stereocenters. The lowest BCUT2D eigenvalue weighted by Gasteiger charge is -2.01. The molecule has 1 unspecified atom stereocenters. The summed E-state index contributed by atoms with van der Waals surface area (Å²) < 4.78 is 13.0. The molecule has 0 saturated carbocycles. The van der Waals surface area contributed by atoms with Crippen LogP contribution < -0.4 is 5.32 Å². The van der Waals surface area contributed by atoms with Crippen molar-refractivity contribution in [2.45, 2.75) is 25.8 Å². The lowest BCUT2D eigenvalue weighted by atomic mass is 10.2. The van der Waals surface area contributed by atoms with Crippen molar-refractivity contribution in [1.82, 2.24) is 5.32 Å². The molecule has 1 N–H and O–H groups in total. The fraction of sp³-hybridized carbons (Fsp3) is 0.333. The summed E-state index contributed by atoms with van der Waals surface area (Å²) in [6.07, 6.45) is 1.60. The van der Waals surface area contributed by atoms with Crippen LogP contribution >= 0.6 is 11.6 Å². The number of amidine groups is 1. The molecule has 0 bridgehead atoms. The molecule has 5 heteroatoms. The molecule has 0 radical (unpaired) electrons. The summed E-state index contributed by atoms with van der Waals surface area (Å²) in [4.78, 5) is 15.8. The minimum atomic E-state index is -0.481. The van der Waals surface area contributed by atoms with E-state index in [2.05, 4.69) is 10.3 Å². The fourth-order valence-corrected chi connectivity index (χ4v) is 1.89. The SMILES string of the molecule is CCCC1N=C(c2ccc(F)c(Cl)c2)NC1=O. The topological polar surface area (TPSA) is 41.5 Å². The number of aliphatic imine (C=N–C) groups is 1. The molecule has 2 rings (SSSR count). The van der Waals surface area contributed by atoms with Crippen molar-refractivity contribution >= 4 is 23.3 Å². The average molecular weight is 255 g/mol. The Labute approximate surface area is 104 Å². The Morgan fingerprint density at radius 1 is 1.53 bits per heavy atom. The lowest BCUT2D eigenvalue weighted by molar-refractivity contribution is -0.120. The first-order valence-electron chi connectivity index (χ1n) is 5.46. The standard InChI is InChI=1S/C12H12ClFN2O/c1-2-3-10-12(17)16-11(15-10)7-4-5-9(14)8(13)6-7/h4-6,10H,2-3H2,1H3,(H,15,16,17). The third kappa shape index (κ3) is 2.47. The van der Waals surface area contributed by atoms with E-state index in [9.17, 15) is 9.18 Å². The molecule has 90 valence electrons. The van der Waals surface area contributed by atoms with E-state index in [1.54, 1.807) is 6.07 Å². The first kappa shape index (κ1) is 12.0. The van der Waals surface area contributed by atoms with Crippen LogP contribution in [0.5, 0.6) is 0 Å². The zero-order valence-corrected chi connectivity index (χ0v) is 10.1. The van der Waals surface area contributed by atoms with Crippen LogP contribution in [-0.2, 0) is 4.79 Å². The number of carbonyl (C=O) groups is 1. The highest BCUT2D eigenvalue weighted by molar-refractivity contribution is 6.31. The highest BCUT2D eigenvalue weighted by atomic mass is 35.5. The zero-order chi connectivity index (χ0) is 12.4. The maximum Gasteiger partial charge on any atom is 0.250 e. The van der Waals surface area contributed by atoms with Gasteiger partial charge in [-0.2, -0.15) is 0 Å². The smallest absolute Gasteiger partial charge is 0.250 e. The highest BCUT2D eigenvalue weighted by Gasteiger charge is 2.26. The summed E-state index contributed by atoms with van der Waals surface area (Å²) in [6, 6.07) is 3.94. The summed E-state index contributed by atoms with van der Waals surface area (Å²) in [5, 5.41) is 2.71. The number of nitrogens with one attached hydrogen (secondary N) is 1. The number of nitrogens with zero attached hydrogens (tertiary/aromatic N) is 1. The third-order valence-corrected chi connectivity index (χ3v) is 2.87. The third-order valence-electron chi connectivity index (χ3n) is 2.58. The van der Waals surface area contributed by atoms with Crippen molar-refractivity contribution in [3.8, 4) is 0 Å². The van der Waals surface area contributed by atoms with Gasteiger partial charge in [-0.25, -0.2) is 4.39 Å². The van der Waals surface area contributed by atoms with E-state index in [-0.39, 0.29) is 17.0 Å². The quantitative estimate of drug-likeness (QED) is 0.885. The summed E-state index contributed by atoms with van der Waals surface area (Å²) in [7, 11) is 0. The number of hydrogen-bond acceptors (Lipinski definition) is 2. The molecule has 17 heavy (non-hydrogen) atoms. The van der Waals surface area contributed by atoms with Gasteiger partial charge in [0, 0.05) is 5.56 Å². The second-order valence-corrected chi connectivity index (χ2v) is 4.31. The van der Waals surface area contributed by atoms with Gasteiger partial charge in [0.1, 0.15) is 17.7 Å². The molecule has 3 nitrogen and oxygen atoms in total. The molecule has 0 fully saturated rings. The van der Waals surface area contributed by atoms with Gasteiger partial charge in [0.05, 0.1) is 5.02 Å². The molecule has 0 aromatic heterocycles. The Morgan fingerprint density at radius 2 is 2.29 bits per heavy atom. The van der Waals surface area contributed by atoms with E-state index < -0.39 is 5.82 Å². The largest absolute Gasteiger partial charge is 0.309 e. The van der Waals surface area contributed by atoms with E-state index in [1.165, 1.54) is 12.1 Å². The maximum absolute atomic E-state index is 13.0. The normalized spacial score (nSPS) is 19.1. The monoisotopic (exact) mass is 254 g/mol. The number of hydrogen-bond donors (Lipinski definition) is 1. The molecule has 1 aromatic rings. The van der Waals surface area contributed by atoms with E-state index in [0.717, 1.165) is 6.42 Å². The van der Waals surface area contributed by atoms with Crippen LogP contribution in [0.4, 0.5) is 4.39 Å². The second kappa shape index (κ2) is 4.84. The Hall–Kier alpha value is -1.42. The van der Waals surface area contributed by atoms with E-state index in [1.807, 2.05) is 6.92 Å². The van der Waals surface area contributed by atoms with Crippen LogP contribution in [0.25, 0.3) is 0 Å². The van der Waals surface area contributed by atoms with Crippen molar-refractivity contribution in [2.75, 3.05) is 0 Å². The number of benzene rings is 1. The van der Waals surface area contributed by atoms with Crippen LogP contribution in [0.2, 0.25) is 5.02 Å². The molecule has 1 amide bonds. The van der Waals surface area contributed by atoms with Crippen LogP contribution in [0, 0.1) is 5.82 Å². The number of carbonyl (C=O) groups excluding carboxylic acids is 1. The van der Waals surface area contributed by atoms with Gasteiger partial charge in [-0.15, -0.1) is 0 Å². The van der Waals surface area contributed by atoms with E-state index in [0.29, 0.717) is 17.8 Å². The molecule has 0 spiro atoms. The first-order valence-corrected chi connectivity index (χ1v) is 5.83. The van der Waals surface area contributed by atoms with E-state index >= 15 is 0 Å². The molecule has 1 aliphatic heterocycles. The summed E-state index contributed by atoms with van der Waals surface area (Å²) in [6.45, 7) is 2.00. The van der Waals surface area contributed by atoms with Gasteiger partial charge in [0.25, 0.3) is 0 Å². The number of rotatable bonds is 3. The van der Waals surface area contributed by atoms with Crippen molar-refractivity contribution in [3.05, 3.63) is 34.6 Å². The minimum absolute atomic E-state index is 0.0263. The van der Waals surface area contributed by atoms with Crippen LogP contribution in [-0.4, -0.2) is 17.8 Å². The predicted octanol–water partition coefficient (Wildman–Crippen LogP) is 2.52. The molecule has 1 aromatic carbocycles. The van der Waals surface area contributed by atoms with Crippen molar-refractivity contribution in [2.24, 2.45) is 4.99 Å². The predicted molar refractivity (Wildman–Crippen MR) is 64.8 cm³/mol. The molecule has 1 aliphatic rings. The Kier molecular flexibility index (Phi) is 3.43. The van der Waals surface area contributed by atoms with Gasteiger partial charge in [-0.1, -0.05) is 24.9 Å². The zero-order valence-electron chi connectivity index (χ0n) is 9.34. The molecule has 0 aliphatic carbocycles. The van der Waals surface area contributed by atoms with Crippen molar-refractivity contribution < 1.29 is 9.18 Å². The van der Waals surface area contributed by atoms with Gasteiger partial charge in [-0.3, -0.25) is 9.79 Å². The van der Waals surface area contributed by atoms with Crippen LogP contribution in [0.3, 0.4) is 0 Å². The molecular weight excluding hydrogens is 243 g/mol. The maximum atomic E-state index is 13.0. The molecule has 1 heterocycles. The van der Waals surface area contributed by atoms with E-state index in [4.69, 9.17) is 11.6 Å². The van der Waals surface area contributed by atoms with Gasteiger partial charge >= 0.3 is 0 Å². The lowest BCUT2D eigenvalue weighted by Crippen LogP contribution is -2.29. The van der Waals surface area contributed by atoms with Crippen molar-refractivity contribution in [3.63, 3.8) is 0 Å². The first-order chi connectivity index (χ1) is 8.11. The second-order valence-electron chi connectivity index (χ2n) is 3.90. The molecule has 0 saturated heterocycles. The van der Waals surface area contributed by atoms with Crippen LogP contribution in [0.1, 0.15) is 25.3 Å². The van der Waals surface area contributed by atoms with Gasteiger partial charge in [-0.05, 0) is 24.6 Å². The Bertz CT molecular complexity index is 487. The van der Waals surface area contributed by atoms with Crippen LogP contribution in [0.15, 0.2) is 23.2 Å². The fourth-order valence-electron chi connectivity index (χ4n) is 1.71. The van der Waals surface area contributed by atoms with Gasteiger partial charge in [0.2, 0.25) is 5.91 Å². The summed E-state index contributed by atoms with van der Waals surface area (Å²) in [5.74, 6) is -0.122. The Morgan fingerprint density at radius 3 is 2.94 bits per heavy atom. The number of amides is 1. The average Bonchev–Trinajstić information content (AvgIpc) is 2.65. The Balaban J connectivity index is 2.26. The highest BCUT2D eigenvalue weighted by Crippen LogP contribution is 2.18. The summed E-state index contributed by atoms with van der Waals surface area (Å²) in [5.41, 5.74) is 0.628. The van der Waals surface area contributed by atoms with Crippen molar-refractivity contribution in [1.29, 1.82) is 0 Å².